The second-order valence-corrected chi connectivity index (χ2v) is 5.03. The first-order chi connectivity index (χ1) is 5.70. The smallest absolute Gasteiger partial charge is 0.0340 e. The molecule has 1 atom stereocenters. The van der Waals surface area contributed by atoms with Crippen LogP contribution in [0.25, 0.3) is 0 Å². The molecule has 1 fully saturated rings. The number of rotatable bonds is 4. The minimum Gasteiger partial charge on any atom is -0.324 e. The highest BCUT2D eigenvalue weighted by Crippen LogP contribution is 2.29. The minimum absolute atomic E-state index is 0.204. The van der Waals surface area contributed by atoms with Crippen molar-refractivity contribution in [3.05, 3.63) is 12.2 Å². The Bertz CT molecular complexity index is 150. The maximum Gasteiger partial charge on any atom is 0.0340 e. The molecule has 0 amide bonds. The van der Waals surface area contributed by atoms with E-state index in [1.165, 1.54) is 25.7 Å². The Morgan fingerprint density at radius 3 is 2.67 bits per heavy atom. The zero-order valence-electron chi connectivity index (χ0n) is 7.88. The van der Waals surface area contributed by atoms with Crippen molar-refractivity contribution in [1.82, 2.24) is 0 Å². The molecular weight excluding hydrogens is 166 g/mol. The summed E-state index contributed by atoms with van der Waals surface area (Å²) in [6, 6.07) is 0.204. The second kappa shape index (κ2) is 4.93. The number of hydrogen-bond donors (Lipinski definition) is 1. The van der Waals surface area contributed by atoms with Gasteiger partial charge >= 0.3 is 0 Å². The van der Waals surface area contributed by atoms with Gasteiger partial charge in [-0.15, -0.1) is 0 Å². The molecule has 0 aromatic rings. The van der Waals surface area contributed by atoms with Crippen molar-refractivity contribution >= 4 is 11.8 Å². The molecule has 0 heterocycles. The molecule has 1 aliphatic carbocycles. The molecule has 0 aromatic heterocycles. The quantitative estimate of drug-likeness (QED) is 0.681. The Hall–Kier alpha value is 0.0500. The van der Waals surface area contributed by atoms with E-state index in [1.807, 2.05) is 18.7 Å². The monoisotopic (exact) mass is 185 g/mol. The second-order valence-electron chi connectivity index (χ2n) is 3.69. The maximum absolute atomic E-state index is 5.87. The lowest BCUT2D eigenvalue weighted by molar-refractivity contribution is 0.858. The molecule has 1 aliphatic rings. The van der Waals surface area contributed by atoms with Crippen LogP contribution in [-0.4, -0.2) is 17.0 Å². The van der Waals surface area contributed by atoms with Gasteiger partial charge in [0, 0.05) is 17.0 Å². The van der Waals surface area contributed by atoms with Gasteiger partial charge in [-0.25, -0.2) is 0 Å². The van der Waals surface area contributed by atoms with Crippen molar-refractivity contribution in [3.63, 3.8) is 0 Å². The first-order valence-corrected chi connectivity index (χ1v) is 5.77. The Morgan fingerprint density at radius 1 is 1.58 bits per heavy atom. The van der Waals surface area contributed by atoms with Crippen molar-refractivity contribution in [2.45, 2.75) is 43.9 Å². The van der Waals surface area contributed by atoms with Gasteiger partial charge in [0.15, 0.2) is 0 Å². The van der Waals surface area contributed by atoms with Gasteiger partial charge in [-0.2, -0.15) is 11.8 Å². The molecule has 0 spiro atoms. The van der Waals surface area contributed by atoms with Gasteiger partial charge in [-0.05, 0) is 19.8 Å². The molecule has 1 unspecified atom stereocenters. The van der Waals surface area contributed by atoms with E-state index in [1.54, 1.807) is 0 Å². The Labute approximate surface area is 79.8 Å². The summed E-state index contributed by atoms with van der Waals surface area (Å²) in [5.41, 5.74) is 6.99. The summed E-state index contributed by atoms with van der Waals surface area (Å²) in [4.78, 5) is 0. The van der Waals surface area contributed by atoms with Gasteiger partial charge in [0.1, 0.15) is 0 Å². The van der Waals surface area contributed by atoms with Crippen LogP contribution in [0.1, 0.15) is 32.6 Å². The van der Waals surface area contributed by atoms with Gasteiger partial charge in [0.05, 0.1) is 0 Å². The molecule has 0 aliphatic heterocycles. The largest absolute Gasteiger partial charge is 0.324 e. The van der Waals surface area contributed by atoms with E-state index in [9.17, 15) is 0 Å². The third-order valence-corrected chi connectivity index (χ3v) is 3.94. The topological polar surface area (TPSA) is 26.0 Å². The zero-order valence-corrected chi connectivity index (χ0v) is 8.70. The maximum atomic E-state index is 5.87. The van der Waals surface area contributed by atoms with E-state index in [0.717, 1.165) is 16.6 Å². The molecular formula is C10H19NS. The van der Waals surface area contributed by atoms with Crippen molar-refractivity contribution < 1.29 is 0 Å². The van der Waals surface area contributed by atoms with Crippen molar-refractivity contribution in [3.8, 4) is 0 Å². The lowest BCUT2D eigenvalue weighted by Gasteiger charge is -2.14. The molecule has 0 radical (unpaired) electrons. The molecule has 0 aromatic carbocycles. The van der Waals surface area contributed by atoms with Crippen LogP contribution in [0.2, 0.25) is 0 Å². The van der Waals surface area contributed by atoms with Gasteiger partial charge in [0.2, 0.25) is 0 Å². The van der Waals surface area contributed by atoms with E-state index in [2.05, 4.69) is 6.58 Å². The number of hydrogen-bond acceptors (Lipinski definition) is 2. The predicted octanol–water partition coefficient (Wildman–Crippen LogP) is 2.57. The number of nitrogens with two attached hydrogens (primary N) is 1. The molecule has 2 N–H and O–H groups in total. The summed E-state index contributed by atoms with van der Waals surface area (Å²) in [6.07, 6.45) is 5.63. The molecule has 1 rings (SSSR count). The summed E-state index contributed by atoms with van der Waals surface area (Å²) in [5.74, 6) is 1.06. The van der Waals surface area contributed by atoms with Crippen LogP contribution >= 0.6 is 11.8 Å². The van der Waals surface area contributed by atoms with Crippen LogP contribution in [0.4, 0.5) is 0 Å². The van der Waals surface area contributed by atoms with Gasteiger partial charge in [-0.3, -0.25) is 0 Å². The molecule has 70 valence electrons. The summed E-state index contributed by atoms with van der Waals surface area (Å²) in [7, 11) is 0. The predicted molar refractivity (Wildman–Crippen MR) is 57.5 cm³/mol. The third-order valence-electron chi connectivity index (χ3n) is 2.45. The van der Waals surface area contributed by atoms with Crippen LogP contribution in [-0.2, 0) is 0 Å². The Kier molecular flexibility index (Phi) is 4.16. The Morgan fingerprint density at radius 2 is 2.17 bits per heavy atom. The van der Waals surface area contributed by atoms with E-state index in [0.29, 0.717) is 0 Å². The lowest BCUT2D eigenvalue weighted by atomic mass is 10.2. The SMILES string of the molecule is C=C(C)C(N)CSC1CCCC1. The van der Waals surface area contributed by atoms with Gasteiger partial charge < -0.3 is 5.73 Å². The van der Waals surface area contributed by atoms with Crippen LogP contribution in [0.5, 0.6) is 0 Å². The normalized spacial score (nSPS) is 21.2. The average molecular weight is 185 g/mol. The van der Waals surface area contributed by atoms with E-state index < -0.39 is 0 Å². The minimum atomic E-state index is 0.204. The van der Waals surface area contributed by atoms with Crippen molar-refractivity contribution in [1.29, 1.82) is 0 Å². The van der Waals surface area contributed by atoms with Crippen molar-refractivity contribution in [2.75, 3.05) is 5.75 Å². The summed E-state index contributed by atoms with van der Waals surface area (Å²) in [6.45, 7) is 5.88. The highest BCUT2D eigenvalue weighted by molar-refractivity contribution is 7.99. The fraction of sp³-hybridized carbons (Fsp3) is 0.800. The van der Waals surface area contributed by atoms with E-state index >= 15 is 0 Å². The highest BCUT2D eigenvalue weighted by Gasteiger charge is 2.16. The lowest BCUT2D eigenvalue weighted by Crippen LogP contribution is -2.24. The van der Waals surface area contributed by atoms with Crippen LogP contribution < -0.4 is 5.73 Å². The summed E-state index contributed by atoms with van der Waals surface area (Å²) >= 11 is 2.03. The van der Waals surface area contributed by atoms with Gasteiger partial charge in [-0.1, -0.05) is 25.0 Å². The molecule has 1 nitrogen and oxygen atoms in total. The first kappa shape index (κ1) is 10.1. The molecule has 1 saturated carbocycles. The highest BCUT2D eigenvalue weighted by atomic mass is 32.2. The fourth-order valence-corrected chi connectivity index (χ4v) is 2.87. The number of thioether (sulfide) groups is 1. The van der Waals surface area contributed by atoms with E-state index in [-0.39, 0.29) is 6.04 Å². The first-order valence-electron chi connectivity index (χ1n) is 4.72. The standard InChI is InChI=1S/C10H19NS/c1-8(2)10(11)7-12-9-5-3-4-6-9/h9-10H,1,3-7,11H2,2H3. The van der Waals surface area contributed by atoms with E-state index in [4.69, 9.17) is 5.73 Å². The van der Waals surface area contributed by atoms with Crippen molar-refractivity contribution in [2.24, 2.45) is 5.73 Å². The molecule has 0 saturated heterocycles. The molecule has 12 heavy (non-hydrogen) atoms. The fourth-order valence-electron chi connectivity index (χ4n) is 1.44. The molecule has 0 bridgehead atoms. The average Bonchev–Trinajstić information content (AvgIpc) is 2.51. The van der Waals surface area contributed by atoms with Gasteiger partial charge in [0.25, 0.3) is 0 Å². The third kappa shape index (κ3) is 3.20. The Balaban J connectivity index is 2.11. The molecule has 2 heteroatoms. The zero-order chi connectivity index (χ0) is 8.97. The summed E-state index contributed by atoms with van der Waals surface area (Å²) in [5, 5.41) is 0.885. The van der Waals surface area contributed by atoms with Crippen LogP contribution in [0.15, 0.2) is 12.2 Å². The van der Waals surface area contributed by atoms with Crippen LogP contribution in [0, 0.1) is 0 Å². The summed E-state index contributed by atoms with van der Waals surface area (Å²) < 4.78 is 0. The van der Waals surface area contributed by atoms with Crippen LogP contribution in [0.3, 0.4) is 0 Å².